The Morgan fingerprint density at radius 2 is 1.25 bits per heavy atom. The lowest BCUT2D eigenvalue weighted by Gasteiger charge is -2.45. The van der Waals surface area contributed by atoms with Gasteiger partial charge in [0, 0.05) is 0 Å². The molecule has 74 valence electrons. The van der Waals surface area contributed by atoms with E-state index in [2.05, 4.69) is 57.9 Å². The van der Waals surface area contributed by atoms with Crippen LogP contribution in [-0.4, -0.2) is 27.7 Å². The molecule has 0 aromatic carbocycles. The van der Waals surface area contributed by atoms with Crippen LogP contribution in [0.25, 0.3) is 0 Å². The van der Waals surface area contributed by atoms with E-state index < -0.39 is 16.5 Å². The van der Waals surface area contributed by atoms with E-state index >= 15 is 0 Å². The molecule has 0 spiro atoms. The van der Waals surface area contributed by atoms with Crippen molar-refractivity contribution in [3.05, 3.63) is 0 Å². The van der Waals surface area contributed by atoms with Crippen LogP contribution < -0.4 is 0 Å². The molecule has 0 bridgehead atoms. The molecule has 0 aliphatic rings. The predicted octanol–water partition coefficient (Wildman–Crippen LogP) is 3.37. The average Bonchev–Trinajstić information content (AvgIpc) is 1.83. The predicted molar refractivity (Wildman–Crippen MR) is 63.7 cm³/mol. The average molecular weight is 203 g/mol. The smallest absolute Gasteiger partial charge is 0.117 e. The van der Waals surface area contributed by atoms with E-state index in [1.54, 1.807) is 0 Å². The van der Waals surface area contributed by atoms with Gasteiger partial charge in [0.2, 0.25) is 0 Å². The summed E-state index contributed by atoms with van der Waals surface area (Å²) in [7, 11) is 0.144. The van der Waals surface area contributed by atoms with Gasteiger partial charge in [0.15, 0.2) is 0 Å². The minimum absolute atomic E-state index is 0.856. The van der Waals surface area contributed by atoms with Crippen molar-refractivity contribution in [2.75, 3.05) is 7.05 Å². The second kappa shape index (κ2) is 3.64. The van der Waals surface area contributed by atoms with Crippen molar-refractivity contribution >= 4 is 16.5 Å². The van der Waals surface area contributed by atoms with E-state index in [9.17, 15) is 0 Å². The first-order valence-corrected chi connectivity index (χ1v) is 11.3. The van der Waals surface area contributed by atoms with E-state index in [1.807, 2.05) is 0 Å². The van der Waals surface area contributed by atoms with Gasteiger partial charge in [-0.3, -0.25) is 0 Å². The maximum absolute atomic E-state index is 2.73. The number of hydrogen-bond donors (Lipinski definition) is 0. The van der Waals surface area contributed by atoms with Gasteiger partial charge in [-0.05, 0) is 12.6 Å². The molecule has 0 heterocycles. The molecule has 0 aliphatic heterocycles. The van der Waals surface area contributed by atoms with Gasteiger partial charge in [-0.2, -0.15) is 0 Å². The molecule has 0 fully saturated rings. The molecule has 0 aromatic heterocycles. The van der Waals surface area contributed by atoms with Crippen molar-refractivity contribution in [2.24, 2.45) is 0 Å². The van der Waals surface area contributed by atoms with Gasteiger partial charge in [0.25, 0.3) is 0 Å². The van der Waals surface area contributed by atoms with E-state index in [0.29, 0.717) is 0 Å². The summed E-state index contributed by atoms with van der Waals surface area (Å²) in [4.78, 5) is 0. The standard InChI is InChI=1S/C9H25NSi2/c1-9(2)12(7,8)10(3)11(4,5)6/h9H,1-8H3. The van der Waals surface area contributed by atoms with Crippen LogP contribution in [0.4, 0.5) is 0 Å². The number of hydrogen-bond acceptors (Lipinski definition) is 1. The van der Waals surface area contributed by atoms with Crippen molar-refractivity contribution in [3.63, 3.8) is 0 Å². The second-order valence-electron chi connectivity index (χ2n) is 5.54. The second-order valence-corrected chi connectivity index (χ2v) is 16.1. The van der Waals surface area contributed by atoms with Crippen molar-refractivity contribution in [2.45, 2.75) is 52.1 Å². The monoisotopic (exact) mass is 203 g/mol. The quantitative estimate of drug-likeness (QED) is 0.636. The van der Waals surface area contributed by atoms with E-state index in [4.69, 9.17) is 0 Å². The third-order valence-corrected chi connectivity index (χ3v) is 13.6. The zero-order valence-corrected chi connectivity index (χ0v) is 12.0. The summed E-state index contributed by atoms with van der Waals surface area (Å²) in [5, 5.41) is 0. The minimum Gasteiger partial charge on any atom is -0.348 e. The Balaban J connectivity index is 4.57. The van der Waals surface area contributed by atoms with Gasteiger partial charge in [0.05, 0.1) is 0 Å². The van der Waals surface area contributed by atoms with Crippen LogP contribution in [0.15, 0.2) is 0 Å². The molecule has 0 N–H and O–H groups in total. The Hall–Kier alpha value is 0.394. The molecule has 0 saturated heterocycles. The summed E-state index contributed by atoms with van der Waals surface area (Å²) < 4.78 is 2.73. The highest BCUT2D eigenvalue weighted by molar-refractivity contribution is 6.90. The maximum atomic E-state index is 2.73. The highest BCUT2D eigenvalue weighted by Gasteiger charge is 2.36. The van der Waals surface area contributed by atoms with Gasteiger partial charge in [-0.25, -0.2) is 0 Å². The first kappa shape index (κ1) is 12.4. The van der Waals surface area contributed by atoms with Crippen LogP contribution in [0.3, 0.4) is 0 Å². The first-order valence-electron chi connectivity index (χ1n) is 4.84. The van der Waals surface area contributed by atoms with E-state index in [1.165, 1.54) is 0 Å². The summed E-state index contributed by atoms with van der Waals surface area (Å²) in [6, 6.07) is 0. The normalized spacial score (nSPS) is 14.5. The zero-order chi connectivity index (χ0) is 10.2. The van der Waals surface area contributed by atoms with Crippen molar-refractivity contribution < 1.29 is 0 Å². The van der Waals surface area contributed by atoms with Gasteiger partial charge >= 0.3 is 0 Å². The fourth-order valence-corrected chi connectivity index (χ4v) is 9.72. The van der Waals surface area contributed by atoms with Crippen molar-refractivity contribution in [1.82, 2.24) is 4.23 Å². The number of nitrogens with zero attached hydrogens (tertiary/aromatic N) is 1. The Kier molecular flexibility index (Phi) is 3.76. The highest BCUT2D eigenvalue weighted by Crippen LogP contribution is 2.27. The van der Waals surface area contributed by atoms with Crippen molar-refractivity contribution in [3.8, 4) is 0 Å². The summed E-state index contributed by atoms with van der Waals surface area (Å²) in [5.41, 5.74) is 0.856. The first-order chi connectivity index (χ1) is 5.10. The lowest BCUT2D eigenvalue weighted by molar-refractivity contribution is 0.716. The van der Waals surface area contributed by atoms with Crippen LogP contribution in [0.1, 0.15) is 13.8 Å². The molecule has 0 unspecified atom stereocenters. The molecule has 0 aliphatic carbocycles. The molecular formula is C9H25NSi2. The van der Waals surface area contributed by atoms with Crippen LogP contribution in [0, 0.1) is 0 Å². The van der Waals surface area contributed by atoms with Crippen molar-refractivity contribution in [1.29, 1.82) is 0 Å². The summed E-state index contributed by atoms with van der Waals surface area (Å²) in [5.74, 6) is 0. The van der Waals surface area contributed by atoms with Crippen LogP contribution >= 0.6 is 0 Å². The number of rotatable bonds is 3. The van der Waals surface area contributed by atoms with Gasteiger partial charge in [0.1, 0.15) is 16.5 Å². The van der Waals surface area contributed by atoms with Gasteiger partial charge in [-0.1, -0.05) is 46.6 Å². The minimum atomic E-state index is -1.12. The fraction of sp³-hybridized carbons (Fsp3) is 1.00. The molecule has 0 rings (SSSR count). The molecule has 1 nitrogen and oxygen atoms in total. The highest BCUT2D eigenvalue weighted by atomic mass is 28.4. The molecular weight excluding hydrogens is 178 g/mol. The molecule has 0 saturated carbocycles. The Bertz CT molecular complexity index is 147. The maximum Gasteiger partial charge on any atom is 0.117 e. The van der Waals surface area contributed by atoms with Crippen LogP contribution in [0.5, 0.6) is 0 Å². The molecule has 0 amide bonds. The van der Waals surface area contributed by atoms with Crippen LogP contribution in [0.2, 0.25) is 38.3 Å². The lowest BCUT2D eigenvalue weighted by atomic mass is 10.6. The zero-order valence-electron chi connectivity index (χ0n) is 10.0. The third kappa shape index (κ3) is 2.71. The summed E-state index contributed by atoms with van der Waals surface area (Å²) in [6.07, 6.45) is 0. The topological polar surface area (TPSA) is 3.24 Å². The Morgan fingerprint density at radius 1 is 0.917 bits per heavy atom. The van der Waals surface area contributed by atoms with E-state index in [-0.39, 0.29) is 0 Å². The van der Waals surface area contributed by atoms with E-state index in [0.717, 1.165) is 5.54 Å². The molecule has 3 heteroatoms. The lowest BCUT2D eigenvalue weighted by Crippen LogP contribution is -2.59. The molecule has 12 heavy (non-hydrogen) atoms. The summed E-state index contributed by atoms with van der Waals surface area (Å²) in [6.45, 7) is 17.0. The van der Waals surface area contributed by atoms with Gasteiger partial charge < -0.3 is 4.23 Å². The van der Waals surface area contributed by atoms with Gasteiger partial charge in [-0.15, -0.1) is 0 Å². The SMILES string of the molecule is CC(C)[Si](C)(C)N(C)[Si](C)(C)C. The molecule has 0 atom stereocenters. The summed E-state index contributed by atoms with van der Waals surface area (Å²) >= 11 is 0. The third-order valence-electron chi connectivity index (χ3n) is 3.28. The molecule has 0 radical (unpaired) electrons. The Morgan fingerprint density at radius 3 is 1.33 bits per heavy atom. The fourth-order valence-electron chi connectivity index (χ4n) is 1.25. The molecule has 0 aromatic rings. The Labute approximate surface area is 80.3 Å². The largest absolute Gasteiger partial charge is 0.348 e. The van der Waals surface area contributed by atoms with Crippen LogP contribution in [-0.2, 0) is 0 Å².